The Labute approximate surface area is 91.9 Å². The van der Waals surface area contributed by atoms with E-state index in [0.717, 1.165) is 46.0 Å². The number of rotatable bonds is 3. The van der Waals surface area contributed by atoms with Crippen LogP contribution in [0.4, 0.5) is 0 Å². The van der Waals surface area contributed by atoms with Gasteiger partial charge in [0.1, 0.15) is 0 Å². The maximum Gasteiger partial charge on any atom is 0.0674 e. The minimum Gasteiger partial charge on any atom is -0.379 e. The first kappa shape index (κ1) is 11.3. The average molecular weight is 214 g/mol. The number of hydrogen-bond acceptors (Lipinski definition) is 4. The van der Waals surface area contributed by atoms with Gasteiger partial charge in [0.2, 0.25) is 0 Å². The minimum atomic E-state index is 0.398. The smallest absolute Gasteiger partial charge is 0.0674 e. The second-order valence-corrected chi connectivity index (χ2v) is 4.50. The Morgan fingerprint density at radius 2 is 2.33 bits per heavy atom. The van der Waals surface area contributed by atoms with E-state index in [1.807, 2.05) is 0 Å². The summed E-state index contributed by atoms with van der Waals surface area (Å²) in [6, 6.07) is 0.553. The molecule has 2 rings (SSSR count). The number of ether oxygens (including phenoxy) is 2. The monoisotopic (exact) mass is 214 g/mol. The highest BCUT2D eigenvalue weighted by atomic mass is 16.5. The zero-order valence-electron chi connectivity index (χ0n) is 9.58. The van der Waals surface area contributed by atoms with Crippen molar-refractivity contribution in [2.45, 2.75) is 25.5 Å². The molecule has 1 N–H and O–H groups in total. The fraction of sp³-hybridized carbons (Fsp3) is 1.00. The first-order valence-corrected chi connectivity index (χ1v) is 5.99. The van der Waals surface area contributed by atoms with Crippen molar-refractivity contribution < 1.29 is 9.47 Å². The van der Waals surface area contributed by atoms with Crippen molar-refractivity contribution in [2.24, 2.45) is 0 Å². The quantitative estimate of drug-likeness (QED) is 0.722. The molecular weight excluding hydrogens is 192 g/mol. The van der Waals surface area contributed by atoms with E-state index < -0.39 is 0 Å². The molecule has 2 aliphatic rings. The molecule has 2 saturated heterocycles. The summed E-state index contributed by atoms with van der Waals surface area (Å²) in [4.78, 5) is 2.49. The molecule has 0 spiro atoms. The number of morpholine rings is 2. The molecule has 2 atom stereocenters. The van der Waals surface area contributed by atoms with Crippen LogP contribution in [-0.4, -0.2) is 63.0 Å². The van der Waals surface area contributed by atoms with E-state index in [9.17, 15) is 0 Å². The van der Waals surface area contributed by atoms with Crippen LogP contribution in [0, 0.1) is 0 Å². The molecule has 0 saturated carbocycles. The lowest BCUT2D eigenvalue weighted by Crippen LogP contribution is -2.46. The van der Waals surface area contributed by atoms with Crippen LogP contribution in [0.25, 0.3) is 0 Å². The molecule has 4 nitrogen and oxygen atoms in total. The molecule has 0 aromatic rings. The molecule has 0 aliphatic carbocycles. The van der Waals surface area contributed by atoms with E-state index in [0.29, 0.717) is 12.1 Å². The Kier molecular flexibility index (Phi) is 4.38. The summed E-state index contributed by atoms with van der Waals surface area (Å²) < 4.78 is 11.0. The number of hydrogen-bond donors (Lipinski definition) is 1. The fourth-order valence-electron chi connectivity index (χ4n) is 2.24. The number of nitrogens with zero attached hydrogens (tertiary/aromatic N) is 1. The third-order valence-electron chi connectivity index (χ3n) is 3.12. The Balaban J connectivity index is 1.63. The summed E-state index contributed by atoms with van der Waals surface area (Å²) in [6.45, 7) is 9.10. The molecule has 4 heteroatoms. The molecule has 0 amide bonds. The highest BCUT2D eigenvalue weighted by molar-refractivity contribution is 4.74. The van der Waals surface area contributed by atoms with Crippen LogP contribution in [0.15, 0.2) is 0 Å². The highest BCUT2D eigenvalue weighted by Crippen LogP contribution is 2.07. The van der Waals surface area contributed by atoms with Gasteiger partial charge in [-0.15, -0.1) is 0 Å². The van der Waals surface area contributed by atoms with Gasteiger partial charge in [-0.1, -0.05) is 0 Å². The lowest BCUT2D eigenvalue weighted by molar-refractivity contribution is -0.0212. The molecule has 2 unspecified atom stereocenters. The van der Waals surface area contributed by atoms with Crippen molar-refractivity contribution in [3.63, 3.8) is 0 Å². The summed E-state index contributed by atoms with van der Waals surface area (Å²) in [6.07, 6.45) is 1.58. The van der Waals surface area contributed by atoms with Crippen LogP contribution in [0.3, 0.4) is 0 Å². The molecule has 2 fully saturated rings. The molecule has 0 aromatic carbocycles. The van der Waals surface area contributed by atoms with Gasteiger partial charge < -0.3 is 14.8 Å². The van der Waals surface area contributed by atoms with Gasteiger partial charge in [-0.05, 0) is 19.9 Å². The molecule has 88 valence electrons. The average Bonchev–Trinajstić information content (AvgIpc) is 2.28. The van der Waals surface area contributed by atoms with Gasteiger partial charge >= 0.3 is 0 Å². The molecule has 2 aliphatic heterocycles. The van der Waals surface area contributed by atoms with E-state index in [2.05, 4.69) is 17.1 Å². The van der Waals surface area contributed by atoms with E-state index in [1.165, 1.54) is 6.42 Å². The normalized spacial score (nSPS) is 34.2. The SMILES string of the molecule is CC1CN(CCC2COCCN2)CCO1. The van der Waals surface area contributed by atoms with Gasteiger partial charge in [-0.3, -0.25) is 4.90 Å². The second kappa shape index (κ2) is 5.80. The van der Waals surface area contributed by atoms with Crippen LogP contribution in [0.1, 0.15) is 13.3 Å². The standard InChI is InChI=1S/C11H22N2O2/c1-10-8-13(5-7-15-10)4-2-11-9-14-6-3-12-11/h10-12H,2-9H2,1H3. The van der Waals surface area contributed by atoms with Crippen molar-refractivity contribution in [2.75, 3.05) is 46.0 Å². The summed E-state index contributed by atoms with van der Waals surface area (Å²) in [7, 11) is 0. The third kappa shape index (κ3) is 3.72. The van der Waals surface area contributed by atoms with Crippen LogP contribution in [0.2, 0.25) is 0 Å². The summed E-state index contributed by atoms with van der Waals surface area (Å²) >= 11 is 0. The van der Waals surface area contributed by atoms with Crippen LogP contribution >= 0.6 is 0 Å². The van der Waals surface area contributed by atoms with Crippen molar-refractivity contribution in [1.82, 2.24) is 10.2 Å². The van der Waals surface area contributed by atoms with Crippen molar-refractivity contribution in [1.29, 1.82) is 0 Å². The third-order valence-corrected chi connectivity index (χ3v) is 3.12. The Hall–Kier alpha value is -0.160. The van der Waals surface area contributed by atoms with Crippen LogP contribution < -0.4 is 5.32 Å². The van der Waals surface area contributed by atoms with Gasteiger partial charge in [0, 0.05) is 25.7 Å². The van der Waals surface area contributed by atoms with E-state index in [1.54, 1.807) is 0 Å². The fourth-order valence-corrected chi connectivity index (χ4v) is 2.24. The summed E-state index contributed by atoms with van der Waals surface area (Å²) in [5.41, 5.74) is 0. The minimum absolute atomic E-state index is 0.398. The highest BCUT2D eigenvalue weighted by Gasteiger charge is 2.18. The molecule has 0 aromatic heterocycles. The van der Waals surface area contributed by atoms with Crippen molar-refractivity contribution in [3.8, 4) is 0 Å². The molecular formula is C11H22N2O2. The van der Waals surface area contributed by atoms with Crippen LogP contribution in [-0.2, 0) is 9.47 Å². The van der Waals surface area contributed by atoms with Gasteiger partial charge in [0.15, 0.2) is 0 Å². The second-order valence-electron chi connectivity index (χ2n) is 4.50. The van der Waals surface area contributed by atoms with Gasteiger partial charge in [-0.2, -0.15) is 0 Å². The largest absolute Gasteiger partial charge is 0.379 e. The van der Waals surface area contributed by atoms with Gasteiger partial charge in [-0.25, -0.2) is 0 Å². The zero-order valence-corrected chi connectivity index (χ0v) is 9.58. The topological polar surface area (TPSA) is 33.7 Å². The van der Waals surface area contributed by atoms with E-state index in [-0.39, 0.29) is 0 Å². The predicted octanol–water partition coefficient (Wildman–Crippen LogP) is 0.0856. The Morgan fingerprint density at radius 3 is 3.07 bits per heavy atom. The molecule has 15 heavy (non-hydrogen) atoms. The van der Waals surface area contributed by atoms with Gasteiger partial charge in [0.05, 0.1) is 25.9 Å². The molecule has 2 heterocycles. The van der Waals surface area contributed by atoms with E-state index in [4.69, 9.17) is 9.47 Å². The van der Waals surface area contributed by atoms with Crippen molar-refractivity contribution >= 4 is 0 Å². The van der Waals surface area contributed by atoms with Crippen molar-refractivity contribution in [3.05, 3.63) is 0 Å². The first-order chi connectivity index (χ1) is 7.34. The lowest BCUT2D eigenvalue weighted by Gasteiger charge is -2.33. The molecule has 0 radical (unpaired) electrons. The Morgan fingerprint density at radius 1 is 1.40 bits per heavy atom. The Bertz CT molecular complexity index is 183. The summed E-state index contributed by atoms with van der Waals surface area (Å²) in [5.74, 6) is 0. The molecule has 0 bridgehead atoms. The van der Waals surface area contributed by atoms with Crippen LogP contribution in [0.5, 0.6) is 0 Å². The maximum atomic E-state index is 5.52. The number of nitrogens with one attached hydrogen (secondary N) is 1. The zero-order chi connectivity index (χ0) is 10.5. The van der Waals surface area contributed by atoms with E-state index >= 15 is 0 Å². The lowest BCUT2D eigenvalue weighted by atomic mass is 10.2. The predicted molar refractivity (Wildman–Crippen MR) is 59.1 cm³/mol. The first-order valence-electron chi connectivity index (χ1n) is 5.99. The maximum absolute atomic E-state index is 5.52. The van der Waals surface area contributed by atoms with Gasteiger partial charge in [0.25, 0.3) is 0 Å². The summed E-state index contributed by atoms with van der Waals surface area (Å²) in [5, 5.41) is 3.49.